The zero-order chi connectivity index (χ0) is 5.11. The van der Waals surface area contributed by atoms with E-state index in [1.807, 2.05) is 24.4 Å². The van der Waals surface area contributed by atoms with E-state index in [4.69, 9.17) is 12.2 Å². The van der Waals surface area contributed by atoms with Crippen LogP contribution >= 0.6 is 12.2 Å². The molecule has 0 atom stereocenters. The van der Waals surface area contributed by atoms with Gasteiger partial charge in [-0.2, -0.15) is 0 Å². The van der Waals surface area contributed by atoms with E-state index in [0.29, 0.717) is 0 Å². The van der Waals surface area contributed by atoms with Gasteiger partial charge in [0.15, 0.2) is 0 Å². The summed E-state index contributed by atoms with van der Waals surface area (Å²) in [5, 5.41) is 0. The Labute approximate surface area is 75.4 Å². The van der Waals surface area contributed by atoms with Gasteiger partial charge in [0, 0.05) is 35.8 Å². The first kappa shape index (κ1) is 8.37. The molecule has 3 heteroatoms. The summed E-state index contributed by atoms with van der Waals surface area (Å²) in [5.41, 5.74) is 0. The molecule has 1 heterocycles. The molecule has 0 unspecified atom stereocenters. The third kappa shape index (κ3) is 2.62. The summed E-state index contributed by atoms with van der Waals surface area (Å²) in [6.45, 7) is 0. The second-order valence-corrected chi connectivity index (χ2v) is 1.67. The molecule has 0 saturated heterocycles. The van der Waals surface area contributed by atoms with E-state index in [9.17, 15) is 0 Å². The van der Waals surface area contributed by atoms with Crippen LogP contribution in [0.4, 0.5) is 0 Å². The summed E-state index contributed by atoms with van der Waals surface area (Å²) in [4.78, 5) is 2.85. The average molecular weight is 134 g/mol. The minimum absolute atomic E-state index is 0. The molecule has 0 aromatic carbocycles. The maximum Gasteiger partial charge on any atom is 0.103 e. The quantitative estimate of drug-likeness (QED) is 0.418. The van der Waals surface area contributed by atoms with Crippen LogP contribution in [0.15, 0.2) is 24.4 Å². The Morgan fingerprint density at radius 2 is 2.12 bits per heavy atom. The molecule has 8 heavy (non-hydrogen) atoms. The predicted octanol–water partition coefficient (Wildman–Crippen LogP) is 1.36. The molecule has 0 amide bonds. The Kier molecular flexibility index (Phi) is 4.47. The first-order valence-corrected chi connectivity index (χ1v) is 2.44. The number of nitrogens with one attached hydrogen (secondary N) is 1. The van der Waals surface area contributed by atoms with Crippen molar-refractivity contribution in [3.63, 3.8) is 0 Å². The van der Waals surface area contributed by atoms with Crippen LogP contribution in [-0.4, -0.2) is 34.5 Å². The maximum absolute atomic E-state index is 4.76. The molecule has 0 fully saturated rings. The number of hydrogen-bond donors (Lipinski definition) is 1. The standard InChI is InChI=1S/C5H5NS.Na/c7-5-3-1-2-4-6-5;/h1-4H,(H,6,7);. The van der Waals surface area contributed by atoms with Crippen LogP contribution in [0.25, 0.3) is 0 Å². The molecular formula is C5H5NNaS. The Balaban J connectivity index is 0.000000490. The van der Waals surface area contributed by atoms with E-state index in [2.05, 4.69) is 4.98 Å². The molecule has 0 aliphatic carbocycles. The zero-order valence-electron chi connectivity index (χ0n) is 4.72. The Morgan fingerprint density at radius 1 is 1.38 bits per heavy atom. The van der Waals surface area contributed by atoms with Crippen LogP contribution in [0.3, 0.4) is 0 Å². The van der Waals surface area contributed by atoms with Crippen molar-refractivity contribution >= 4 is 41.8 Å². The molecule has 1 aromatic heterocycles. The summed E-state index contributed by atoms with van der Waals surface area (Å²) < 4.78 is 0.780. The van der Waals surface area contributed by atoms with Crippen molar-refractivity contribution in [3.8, 4) is 0 Å². The Hall–Kier alpha value is 0.370. The van der Waals surface area contributed by atoms with E-state index in [-0.39, 0.29) is 29.6 Å². The second-order valence-electron chi connectivity index (χ2n) is 1.23. The van der Waals surface area contributed by atoms with Gasteiger partial charge in [-0.25, -0.2) is 0 Å². The molecule has 1 radical (unpaired) electrons. The monoisotopic (exact) mass is 134 g/mol. The molecule has 1 N–H and O–H groups in total. The van der Waals surface area contributed by atoms with Crippen molar-refractivity contribution in [1.29, 1.82) is 0 Å². The summed E-state index contributed by atoms with van der Waals surface area (Å²) in [5.74, 6) is 0. The molecular weight excluding hydrogens is 129 g/mol. The Morgan fingerprint density at radius 3 is 2.38 bits per heavy atom. The van der Waals surface area contributed by atoms with Crippen molar-refractivity contribution in [1.82, 2.24) is 4.98 Å². The van der Waals surface area contributed by atoms with Crippen molar-refractivity contribution in [2.24, 2.45) is 0 Å². The molecule has 1 aromatic rings. The van der Waals surface area contributed by atoms with Crippen LogP contribution < -0.4 is 0 Å². The van der Waals surface area contributed by atoms with Crippen LogP contribution in [0.5, 0.6) is 0 Å². The first-order valence-electron chi connectivity index (χ1n) is 2.03. The number of aromatic amines is 1. The van der Waals surface area contributed by atoms with Crippen LogP contribution in [0.1, 0.15) is 0 Å². The van der Waals surface area contributed by atoms with Gasteiger partial charge in [0.25, 0.3) is 0 Å². The molecule has 37 valence electrons. The fraction of sp³-hybridized carbons (Fsp3) is 0. The number of H-pyrrole nitrogens is 1. The van der Waals surface area contributed by atoms with E-state index in [1.165, 1.54) is 0 Å². The van der Waals surface area contributed by atoms with E-state index >= 15 is 0 Å². The van der Waals surface area contributed by atoms with Gasteiger partial charge >= 0.3 is 0 Å². The van der Waals surface area contributed by atoms with Gasteiger partial charge < -0.3 is 4.98 Å². The molecule has 0 bridgehead atoms. The first-order chi connectivity index (χ1) is 3.39. The Bertz CT molecular complexity index is 178. The zero-order valence-corrected chi connectivity index (χ0v) is 7.53. The summed E-state index contributed by atoms with van der Waals surface area (Å²) in [6, 6.07) is 5.64. The van der Waals surface area contributed by atoms with Crippen molar-refractivity contribution in [3.05, 3.63) is 29.0 Å². The number of aromatic nitrogens is 1. The largest absolute Gasteiger partial charge is 0.353 e. The molecule has 0 aliphatic rings. The minimum Gasteiger partial charge on any atom is -0.353 e. The summed E-state index contributed by atoms with van der Waals surface area (Å²) in [7, 11) is 0. The van der Waals surface area contributed by atoms with Gasteiger partial charge in [0.2, 0.25) is 0 Å². The van der Waals surface area contributed by atoms with Crippen molar-refractivity contribution in [2.45, 2.75) is 0 Å². The molecule has 0 spiro atoms. The molecule has 0 saturated carbocycles. The number of pyridine rings is 1. The van der Waals surface area contributed by atoms with Gasteiger partial charge in [-0.15, -0.1) is 0 Å². The molecule has 0 aliphatic heterocycles. The van der Waals surface area contributed by atoms with Gasteiger partial charge in [-0.05, 0) is 12.1 Å². The minimum atomic E-state index is 0. The third-order valence-electron chi connectivity index (χ3n) is 0.681. The van der Waals surface area contributed by atoms with Gasteiger partial charge in [-0.1, -0.05) is 18.3 Å². The maximum atomic E-state index is 4.76. The topological polar surface area (TPSA) is 15.8 Å². The number of hydrogen-bond acceptors (Lipinski definition) is 1. The fourth-order valence-corrected chi connectivity index (χ4v) is 0.523. The van der Waals surface area contributed by atoms with E-state index < -0.39 is 0 Å². The van der Waals surface area contributed by atoms with E-state index in [0.717, 1.165) is 4.64 Å². The van der Waals surface area contributed by atoms with Gasteiger partial charge in [-0.3, -0.25) is 0 Å². The van der Waals surface area contributed by atoms with E-state index in [1.54, 1.807) is 0 Å². The van der Waals surface area contributed by atoms with Crippen molar-refractivity contribution in [2.75, 3.05) is 0 Å². The van der Waals surface area contributed by atoms with Gasteiger partial charge in [0.05, 0.1) is 0 Å². The fourth-order valence-electron chi connectivity index (χ4n) is 0.377. The smallest absolute Gasteiger partial charge is 0.103 e. The summed E-state index contributed by atoms with van der Waals surface area (Å²) >= 11 is 4.76. The third-order valence-corrected chi connectivity index (χ3v) is 0.934. The van der Waals surface area contributed by atoms with Crippen LogP contribution in [-0.2, 0) is 0 Å². The van der Waals surface area contributed by atoms with Crippen molar-refractivity contribution < 1.29 is 0 Å². The predicted molar refractivity (Wildman–Crippen MR) is 37.4 cm³/mol. The van der Waals surface area contributed by atoms with Gasteiger partial charge in [0.1, 0.15) is 4.64 Å². The molecule has 1 nitrogen and oxygen atoms in total. The van der Waals surface area contributed by atoms with Crippen LogP contribution in [0.2, 0.25) is 0 Å². The SMILES string of the molecule is S=c1cccc[nH]1.[Na]. The number of rotatable bonds is 0. The van der Waals surface area contributed by atoms with Crippen LogP contribution in [0, 0.1) is 4.64 Å². The summed E-state index contributed by atoms with van der Waals surface area (Å²) in [6.07, 6.45) is 1.81. The molecule has 1 rings (SSSR count). The normalized spacial score (nSPS) is 7.50. The second kappa shape index (κ2) is 4.27. The average Bonchev–Trinajstić information content (AvgIpc) is 1.69.